The molecule has 7 nitrogen and oxygen atoms in total. The molecular weight excluding hydrogens is 368 g/mol. The van der Waals surface area contributed by atoms with E-state index in [0.717, 1.165) is 5.56 Å². The predicted molar refractivity (Wildman–Crippen MR) is 108 cm³/mol. The van der Waals surface area contributed by atoms with E-state index in [4.69, 9.17) is 10.00 Å². The fourth-order valence-electron chi connectivity index (χ4n) is 2.65. The number of pyridine rings is 1. The third-order valence-corrected chi connectivity index (χ3v) is 4.16. The van der Waals surface area contributed by atoms with Crippen LogP contribution in [-0.2, 0) is 6.54 Å². The zero-order valence-electron chi connectivity index (χ0n) is 15.7. The summed E-state index contributed by atoms with van der Waals surface area (Å²) in [6, 6.07) is 18.8. The van der Waals surface area contributed by atoms with Gasteiger partial charge in [0.2, 0.25) is 0 Å². The molecule has 3 aromatic rings. The number of methoxy groups -OCH3 is 1. The fourth-order valence-corrected chi connectivity index (χ4v) is 2.65. The number of nitrogens with one attached hydrogen (secondary N) is 2. The molecule has 29 heavy (non-hydrogen) atoms. The Morgan fingerprint density at radius 3 is 2.55 bits per heavy atom. The average Bonchev–Trinajstić information content (AvgIpc) is 2.78. The van der Waals surface area contributed by atoms with Gasteiger partial charge in [-0.1, -0.05) is 18.2 Å². The van der Waals surface area contributed by atoms with Crippen LogP contribution in [0.25, 0.3) is 0 Å². The minimum Gasteiger partial charge on any atom is -0.496 e. The number of ether oxygens (including phenoxy) is 1. The lowest BCUT2D eigenvalue weighted by Crippen LogP contribution is -2.24. The highest BCUT2D eigenvalue weighted by Crippen LogP contribution is 2.17. The molecule has 0 fully saturated rings. The number of hydrogen-bond acceptors (Lipinski definition) is 5. The van der Waals surface area contributed by atoms with E-state index in [0.29, 0.717) is 22.6 Å². The standard InChI is InChI=1S/C22H18N4O3/c1-29-20-5-3-2-4-17(20)14-25-21(27)16-10-11-24-19(12-16)22(28)26-18-8-6-15(13-23)7-9-18/h2-12H,14H2,1H3,(H,25,27)(H,26,28). The van der Waals surface area contributed by atoms with E-state index < -0.39 is 5.91 Å². The van der Waals surface area contributed by atoms with Gasteiger partial charge >= 0.3 is 0 Å². The smallest absolute Gasteiger partial charge is 0.274 e. The first-order chi connectivity index (χ1) is 14.1. The molecule has 0 atom stereocenters. The quantitative estimate of drug-likeness (QED) is 0.677. The Morgan fingerprint density at radius 2 is 1.83 bits per heavy atom. The van der Waals surface area contributed by atoms with E-state index >= 15 is 0 Å². The highest BCUT2D eigenvalue weighted by molar-refractivity contribution is 6.04. The lowest BCUT2D eigenvalue weighted by Gasteiger charge is -2.10. The van der Waals surface area contributed by atoms with Crippen molar-refractivity contribution in [1.29, 1.82) is 5.26 Å². The Hall–Kier alpha value is -4.18. The monoisotopic (exact) mass is 386 g/mol. The Balaban J connectivity index is 1.67. The van der Waals surface area contributed by atoms with Gasteiger partial charge in [0.05, 0.1) is 18.7 Å². The minimum atomic E-state index is -0.450. The predicted octanol–water partition coefficient (Wildman–Crippen LogP) is 3.14. The molecule has 0 unspecified atom stereocenters. The van der Waals surface area contributed by atoms with Gasteiger partial charge in [-0.05, 0) is 42.5 Å². The molecule has 0 saturated carbocycles. The SMILES string of the molecule is COc1ccccc1CNC(=O)c1ccnc(C(=O)Nc2ccc(C#N)cc2)c1. The van der Waals surface area contributed by atoms with Crippen LogP contribution in [0.4, 0.5) is 5.69 Å². The lowest BCUT2D eigenvalue weighted by atomic mass is 10.1. The van der Waals surface area contributed by atoms with Gasteiger partial charge in [-0.25, -0.2) is 0 Å². The molecular formula is C22H18N4O3. The molecule has 1 heterocycles. The molecule has 144 valence electrons. The molecule has 1 aromatic heterocycles. The number of nitriles is 1. The van der Waals surface area contributed by atoms with E-state index in [1.165, 1.54) is 18.3 Å². The maximum Gasteiger partial charge on any atom is 0.274 e. The number of aromatic nitrogens is 1. The zero-order chi connectivity index (χ0) is 20.6. The van der Waals surface area contributed by atoms with Crippen molar-refractivity contribution in [2.45, 2.75) is 6.54 Å². The Kier molecular flexibility index (Phi) is 6.18. The second-order valence-electron chi connectivity index (χ2n) is 6.07. The second kappa shape index (κ2) is 9.15. The summed E-state index contributed by atoms with van der Waals surface area (Å²) >= 11 is 0. The van der Waals surface area contributed by atoms with Crippen LogP contribution >= 0.6 is 0 Å². The molecule has 2 N–H and O–H groups in total. The topological polar surface area (TPSA) is 104 Å². The van der Waals surface area contributed by atoms with Gasteiger partial charge < -0.3 is 15.4 Å². The van der Waals surface area contributed by atoms with Gasteiger partial charge in [-0.2, -0.15) is 5.26 Å². The number of amides is 2. The number of benzene rings is 2. The highest BCUT2D eigenvalue weighted by Gasteiger charge is 2.13. The van der Waals surface area contributed by atoms with Crippen LogP contribution in [0, 0.1) is 11.3 Å². The van der Waals surface area contributed by atoms with Crippen molar-refractivity contribution in [2.24, 2.45) is 0 Å². The van der Waals surface area contributed by atoms with E-state index in [1.807, 2.05) is 30.3 Å². The Bertz CT molecular complexity index is 1070. The number of anilines is 1. The van der Waals surface area contributed by atoms with Crippen LogP contribution in [0.5, 0.6) is 5.75 Å². The summed E-state index contributed by atoms with van der Waals surface area (Å²) < 4.78 is 5.27. The van der Waals surface area contributed by atoms with Crippen LogP contribution in [0.15, 0.2) is 66.9 Å². The second-order valence-corrected chi connectivity index (χ2v) is 6.07. The third-order valence-electron chi connectivity index (χ3n) is 4.16. The van der Waals surface area contributed by atoms with Gasteiger partial charge in [0, 0.05) is 29.6 Å². The summed E-state index contributed by atoms with van der Waals surface area (Å²) in [5.41, 5.74) is 2.30. The molecule has 0 aliphatic rings. The number of nitrogens with zero attached hydrogens (tertiary/aromatic N) is 2. The number of carbonyl (C=O) groups is 2. The third kappa shape index (κ3) is 4.96. The molecule has 2 aromatic carbocycles. The number of hydrogen-bond donors (Lipinski definition) is 2. The van der Waals surface area contributed by atoms with Crippen molar-refractivity contribution < 1.29 is 14.3 Å². The summed E-state index contributed by atoms with van der Waals surface area (Å²) in [7, 11) is 1.57. The fraction of sp³-hybridized carbons (Fsp3) is 0.0909. The van der Waals surface area contributed by atoms with Crippen molar-refractivity contribution >= 4 is 17.5 Å². The van der Waals surface area contributed by atoms with E-state index in [-0.39, 0.29) is 18.1 Å². The molecule has 0 bridgehead atoms. The van der Waals surface area contributed by atoms with Crippen LogP contribution < -0.4 is 15.4 Å². The maximum absolute atomic E-state index is 12.5. The number of para-hydroxylation sites is 1. The molecule has 0 saturated heterocycles. The van der Waals surface area contributed by atoms with Crippen LogP contribution in [0.1, 0.15) is 32.0 Å². The van der Waals surface area contributed by atoms with Crippen molar-refractivity contribution in [1.82, 2.24) is 10.3 Å². The summed E-state index contributed by atoms with van der Waals surface area (Å²) in [5, 5.41) is 14.3. The van der Waals surface area contributed by atoms with Crippen molar-refractivity contribution in [3.8, 4) is 11.8 Å². The highest BCUT2D eigenvalue weighted by atomic mass is 16.5. The lowest BCUT2D eigenvalue weighted by molar-refractivity contribution is 0.0950. The summed E-state index contributed by atoms with van der Waals surface area (Å²) in [4.78, 5) is 28.9. The van der Waals surface area contributed by atoms with Crippen molar-refractivity contribution in [3.63, 3.8) is 0 Å². The van der Waals surface area contributed by atoms with Gasteiger partial charge in [0.15, 0.2) is 0 Å². The van der Waals surface area contributed by atoms with Gasteiger partial charge in [-0.15, -0.1) is 0 Å². The van der Waals surface area contributed by atoms with Crippen molar-refractivity contribution in [2.75, 3.05) is 12.4 Å². The van der Waals surface area contributed by atoms with Crippen LogP contribution in [0.2, 0.25) is 0 Å². The molecule has 2 amide bonds. The normalized spacial score (nSPS) is 9.93. The zero-order valence-corrected chi connectivity index (χ0v) is 15.7. The van der Waals surface area contributed by atoms with Crippen LogP contribution in [-0.4, -0.2) is 23.9 Å². The molecule has 7 heteroatoms. The maximum atomic E-state index is 12.5. The first-order valence-electron chi connectivity index (χ1n) is 8.78. The van der Waals surface area contributed by atoms with Crippen molar-refractivity contribution in [3.05, 3.63) is 89.2 Å². The summed E-state index contributed by atoms with van der Waals surface area (Å²) in [6.07, 6.45) is 1.41. The van der Waals surface area contributed by atoms with Gasteiger partial charge in [0.1, 0.15) is 11.4 Å². The minimum absolute atomic E-state index is 0.110. The van der Waals surface area contributed by atoms with E-state index in [9.17, 15) is 9.59 Å². The van der Waals surface area contributed by atoms with Gasteiger partial charge in [-0.3, -0.25) is 14.6 Å². The molecule has 3 rings (SSSR count). The molecule has 0 aliphatic heterocycles. The first-order valence-corrected chi connectivity index (χ1v) is 8.78. The Labute approximate surface area is 168 Å². The molecule has 0 spiro atoms. The average molecular weight is 386 g/mol. The number of rotatable bonds is 6. The van der Waals surface area contributed by atoms with E-state index in [2.05, 4.69) is 15.6 Å². The largest absolute Gasteiger partial charge is 0.496 e. The molecule has 0 radical (unpaired) electrons. The summed E-state index contributed by atoms with van der Waals surface area (Å²) in [5.74, 6) is -0.0928. The summed E-state index contributed by atoms with van der Waals surface area (Å²) in [6.45, 7) is 0.290. The van der Waals surface area contributed by atoms with Gasteiger partial charge in [0.25, 0.3) is 11.8 Å². The van der Waals surface area contributed by atoms with Crippen LogP contribution in [0.3, 0.4) is 0 Å². The Morgan fingerprint density at radius 1 is 1.07 bits per heavy atom. The first kappa shape index (κ1) is 19.6. The van der Waals surface area contributed by atoms with E-state index in [1.54, 1.807) is 31.4 Å². The molecule has 0 aliphatic carbocycles. The number of carbonyl (C=O) groups excluding carboxylic acids is 2.